The van der Waals surface area contributed by atoms with Crippen LogP contribution in [0.25, 0.3) is 44.6 Å². The lowest BCUT2D eigenvalue weighted by molar-refractivity contribution is 0.654. The molecule has 0 N–H and O–H groups in total. The van der Waals surface area contributed by atoms with Crippen LogP contribution < -0.4 is 0 Å². The number of aryl methyl sites for hydroxylation is 1. The Bertz CT molecular complexity index is 1220. The fraction of sp³-hybridized carbons (Fsp3) is 0.0435. The van der Waals surface area contributed by atoms with Crippen LogP contribution in [-0.4, -0.2) is 9.97 Å². The molecule has 0 amide bonds. The summed E-state index contributed by atoms with van der Waals surface area (Å²) in [6, 6.07) is 24.6. The van der Waals surface area contributed by atoms with Crippen molar-refractivity contribution in [3.05, 3.63) is 84.6 Å². The molecule has 3 aromatic heterocycles. The number of hydrogen-bond donors (Lipinski definition) is 0. The Balaban J connectivity index is 1.88. The van der Waals surface area contributed by atoms with Crippen LogP contribution in [0.15, 0.2) is 83.4 Å². The number of rotatable bonds is 2. The second-order valence-corrected chi connectivity index (χ2v) is 6.41. The van der Waals surface area contributed by atoms with E-state index in [-0.39, 0.29) is 0 Å². The van der Waals surface area contributed by atoms with Gasteiger partial charge in [-0.05, 0) is 42.3 Å². The molecule has 0 spiro atoms. The Kier molecular flexibility index (Phi) is 3.32. The molecule has 0 saturated carbocycles. The number of hydrogen-bond acceptors (Lipinski definition) is 3. The second kappa shape index (κ2) is 5.81. The molecule has 0 fully saturated rings. The van der Waals surface area contributed by atoms with Crippen molar-refractivity contribution >= 4 is 22.1 Å². The van der Waals surface area contributed by atoms with Crippen LogP contribution in [0, 0.1) is 6.92 Å². The molecule has 124 valence electrons. The SMILES string of the molecule is Cc1ccc(-c2cc(-c3ccccn3)nc3oc4ccccc4c23)cc1. The molecule has 3 nitrogen and oxygen atoms in total. The van der Waals surface area contributed by atoms with E-state index in [1.165, 1.54) is 5.56 Å². The molecular weight excluding hydrogens is 320 g/mol. The Morgan fingerprint density at radius 2 is 1.62 bits per heavy atom. The maximum atomic E-state index is 6.06. The van der Waals surface area contributed by atoms with Crippen LogP contribution in [0.1, 0.15) is 5.56 Å². The smallest absolute Gasteiger partial charge is 0.228 e. The van der Waals surface area contributed by atoms with E-state index in [1.54, 1.807) is 6.20 Å². The van der Waals surface area contributed by atoms with Gasteiger partial charge in [0, 0.05) is 11.6 Å². The molecule has 5 aromatic rings. The molecule has 0 atom stereocenters. The molecule has 0 aliphatic heterocycles. The standard InChI is InChI=1S/C23H16N2O/c1-15-9-11-16(12-10-15)18-14-20(19-7-4-5-13-24-19)25-23-22(18)17-6-2-3-8-21(17)26-23/h2-14H,1H3. The van der Waals surface area contributed by atoms with Gasteiger partial charge in [-0.3, -0.25) is 4.98 Å². The fourth-order valence-electron chi connectivity index (χ4n) is 3.33. The van der Waals surface area contributed by atoms with Gasteiger partial charge >= 0.3 is 0 Å². The van der Waals surface area contributed by atoms with E-state index in [4.69, 9.17) is 9.40 Å². The first kappa shape index (κ1) is 14.8. The summed E-state index contributed by atoms with van der Waals surface area (Å²) in [5, 5.41) is 2.13. The van der Waals surface area contributed by atoms with Gasteiger partial charge in [0.05, 0.1) is 16.8 Å². The van der Waals surface area contributed by atoms with E-state index in [2.05, 4.69) is 48.3 Å². The molecule has 0 unspecified atom stereocenters. The van der Waals surface area contributed by atoms with E-state index >= 15 is 0 Å². The largest absolute Gasteiger partial charge is 0.438 e. The zero-order valence-corrected chi connectivity index (χ0v) is 14.3. The summed E-state index contributed by atoms with van der Waals surface area (Å²) in [6.07, 6.45) is 1.78. The minimum atomic E-state index is 0.643. The minimum absolute atomic E-state index is 0.643. The van der Waals surface area contributed by atoms with Crippen LogP contribution in [0.3, 0.4) is 0 Å². The predicted molar refractivity (Wildman–Crippen MR) is 105 cm³/mol. The van der Waals surface area contributed by atoms with Gasteiger partial charge in [0.1, 0.15) is 5.58 Å². The van der Waals surface area contributed by atoms with Crippen LogP contribution in [0.4, 0.5) is 0 Å². The third-order valence-corrected chi connectivity index (χ3v) is 4.64. The molecule has 0 radical (unpaired) electrons. The van der Waals surface area contributed by atoms with Crippen molar-refractivity contribution in [1.29, 1.82) is 0 Å². The zero-order chi connectivity index (χ0) is 17.5. The molecule has 3 heteroatoms. The number of fused-ring (bicyclic) bond motifs is 3. The molecule has 0 saturated heterocycles. The summed E-state index contributed by atoms with van der Waals surface area (Å²) in [6.45, 7) is 2.10. The molecule has 0 bridgehead atoms. The van der Waals surface area contributed by atoms with Gasteiger partial charge in [-0.2, -0.15) is 0 Å². The normalized spacial score (nSPS) is 11.3. The van der Waals surface area contributed by atoms with Gasteiger partial charge < -0.3 is 4.42 Å². The van der Waals surface area contributed by atoms with Gasteiger partial charge in [0.25, 0.3) is 0 Å². The summed E-state index contributed by atoms with van der Waals surface area (Å²) in [7, 11) is 0. The number of benzene rings is 2. The number of aromatic nitrogens is 2. The maximum absolute atomic E-state index is 6.06. The van der Waals surface area contributed by atoms with E-state index in [9.17, 15) is 0 Å². The molecule has 26 heavy (non-hydrogen) atoms. The first-order valence-electron chi connectivity index (χ1n) is 8.60. The minimum Gasteiger partial charge on any atom is -0.438 e. The quantitative estimate of drug-likeness (QED) is 0.396. The highest BCUT2D eigenvalue weighted by Gasteiger charge is 2.16. The molecular formula is C23H16N2O. The van der Waals surface area contributed by atoms with Crippen molar-refractivity contribution in [3.63, 3.8) is 0 Å². The summed E-state index contributed by atoms with van der Waals surface area (Å²) < 4.78 is 6.06. The fourth-order valence-corrected chi connectivity index (χ4v) is 3.33. The molecule has 3 heterocycles. The zero-order valence-electron chi connectivity index (χ0n) is 14.3. The first-order chi connectivity index (χ1) is 12.8. The van der Waals surface area contributed by atoms with E-state index < -0.39 is 0 Å². The molecule has 5 rings (SSSR count). The van der Waals surface area contributed by atoms with Crippen molar-refractivity contribution in [2.75, 3.05) is 0 Å². The third kappa shape index (κ3) is 2.37. The lowest BCUT2D eigenvalue weighted by atomic mass is 9.99. The lowest BCUT2D eigenvalue weighted by Crippen LogP contribution is -1.90. The number of pyridine rings is 2. The Morgan fingerprint density at radius 1 is 0.808 bits per heavy atom. The van der Waals surface area contributed by atoms with Crippen molar-refractivity contribution in [2.45, 2.75) is 6.92 Å². The monoisotopic (exact) mass is 336 g/mol. The Morgan fingerprint density at radius 3 is 2.42 bits per heavy atom. The second-order valence-electron chi connectivity index (χ2n) is 6.41. The van der Waals surface area contributed by atoms with Crippen molar-refractivity contribution in [1.82, 2.24) is 9.97 Å². The molecule has 2 aromatic carbocycles. The predicted octanol–water partition coefficient (Wildman–Crippen LogP) is 6.02. The number of furan rings is 1. The van der Waals surface area contributed by atoms with Crippen molar-refractivity contribution < 1.29 is 4.42 Å². The highest BCUT2D eigenvalue weighted by atomic mass is 16.3. The summed E-state index contributed by atoms with van der Waals surface area (Å²) in [5.74, 6) is 0. The van der Waals surface area contributed by atoms with Gasteiger partial charge in [-0.25, -0.2) is 4.98 Å². The lowest BCUT2D eigenvalue weighted by Gasteiger charge is -2.07. The molecule has 0 aliphatic carbocycles. The van der Waals surface area contributed by atoms with Crippen LogP contribution in [0.2, 0.25) is 0 Å². The van der Waals surface area contributed by atoms with E-state index in [0.29, 0.717) is 5.71 Å². The van der Waals surface area contributed by atoms with Crippen LogP contribution in [0.5, 0.6) is 0 Å². The highest BCUT2D eigenvalue weighted by molar-refractivity contribution is 6.11. The Hall–Kier alpha value is -3.46. The van der Waals surface area contributed by atoms with E-state index in [1.807, 2.05) is 36.4 Å². The Labute approximate surface area is 151 Å². The maximum Gasteiger partial charge on any atom is 0.228 e. The topological polar surface area (TPSA) is 38.9 Å². The average Bonchev–Trinajstić information content (AvgIpc) is 3.07. The third-order valence-electron chi connectivity index (χ3n) is 4.64. The van der Waals surface area contributed by atoms with Crippen molar-refractivity contribution in [2.24, 2.45) is 0 Å². The number of nitrogens with zero attached hydrogens (tertiary/aromatic N) is 2. The van der Waals surface area contributed by atoms with Crippen LogP contribution in [-0.2, 0) is 0 Å². The van der Waals surface area contributed by atoms with E-state index in [0.717, 1.165) is 38.9 Å². The van der Waals surface area contributed by atoms with Gasteiger partial charge in [-0.1, -0.05) is 54.1 Å². The van der Waals surface area contributed by atoms with Gasteiger partial charge in [-0.15, -0.1) is 0 Å². The van der Waals surface area contributed by atoms with Crippen LogP contribution >= 0.6 is 0 Å². The first-order valence-corrected chi connectivity index (χ1v) is 8.60. The van der Waals surface area contributed by atoms with Gasteiger partial charge in [0.15, 0.2) is 0 Å². The van der Waals surface area contributed by atoms with Crippen molar-refractivity contribution in [3.8, 4) is 22.5 Å². The average molecular weight is 336 g/mol. The molecule has 0 aliphatic rings. The summed E-state index contributed by atoms with van der Waals surface area (Å²) in [5.41, 5.74) is 6.63. The summed E-state index contributed by atoms with van der Waals surface area (Å²) in [4.78, 5) is 9.21. The summed E-state index contributed by atoms with van der Waals surface area (Å²) >= 11 is 0. The highest BCUT2D eigenvalue weighted by Crippen LogP contribution is 2.37. The number of para-hydroxylation sites is 1. The van der Waals surface area contributed by atoms with Gasteiger partial charge in [0.2, 0.25) is 5.71 Å².